The Morgan fingerprint density at radius 1 is 1.06 bits per heavy atom. The smallest absolute Gasteiger partial charge is 0.238 e. The van der Waals surface area contributed by atoms with Crippen LogP contribution in [0.4, 0.5) is 28.8 Å². The summed E-state index contributed by atoms with van der Waals surface area (Å²) in [6.07, 6.45) is 0. The highest BCUT2D eigenvalue weighted by atomic mass is 16.5. The average molecular weight is 421 g/mol. The van der Waals surface area contributed by atoms with E-state index >= 15 is 0 Å². The average Bonchev–Trinajstić information content (AvgIpc) is 3.27. The number of nitrogens with two attached hydrogens (primary N) is 1. The first-order chi connectivity index (χ1) is 15.1. The van der Waals surface area contributed by atoms with Gasteiger partial charge in [0.25, 0.3) is 0 Å². The summed E-state index contributed by atoms with van der Waals surface area (Å²) in [5, 5.41) is 12.4. The van der Waals surface area contributed by atoms with Crippen molar-refractivity contribution in [1.29, 1.82) is 0 Å². The number of aromatic nitrogens is 2. The van der Waals surface area contributed by atoms with Crippen LogP contribution in [0.25, 0.3) is 11.3 Å². The Morgan fingerprint density at radius 3 is 2.65 bits per heavy atom. The number of hydrogen-bond acceptors (Lipinski definition) is 9. The van der Waals surface area contributed by atoms with E-state index in [1.807, 2.05) is 30.3 Å². The highest BCUT2D eigenvalue weighted by molar-refractivity contribution is 5.92. The molecule has 0 spiro atoms. The molecule has 3 aromatic rings. The molecule has 0 saturated heterocycles. The molecule has 10 nitrogen and oxygen atoms in total. The zero-order chi connectivity index (χ0) is 21.8. The van der Waals surface area contributed by atoms with Crippen LogP contribution in [0.15, 0.2) is 42.5 Å². The lowest BCUT2D eigenvalue weighted by Gasteiger charge is -2.13. The SMILES string of the molecule is COc1ccc(-c2nc(Nc3cccc(NC(=O)CN)c3)nc3c2NCN3)cc1OC. The molecular formula is C21H23N7O3. The van der Waals surface area contributed by atoms with Gasteiger partial charge in [-0.2, -0.15) is 4.98 Å². The quantitative estimate of drug-likeness (QED) is 0.390. The maximum absolute atomic E-state index is 11.6. The summed E-state index contributed by atoms with van der Waals surface area (Å²) >= 11 is 0. The number of rotatable bonds is 7. The number of fused-ring (bicyclic) bond motifs is 1. The van der Waals surface area contributed by atoms with Crippen molar-refractivity contribution in [3.8, 4) is 22.8 Å². The fourth-order valence-electron chi connectivity index (χ4n) is 3.24. The van der Waals surface area contributed by atoms with Gasteiger partial charge in [-0.25, -0.2) is 4.98 Å². The van der Waals surface area contributed by atoms with E-state index < -0.39 is 0 Å². The molecule has 0 fully saturated rings. The lowest BCUT2D eigenvalue weighted by Crippen LogP contribution is -2.21. The van der Waals surface area contributed by atoms with Crippen LogP contribution >= 0.6 is 0 Å². The molecule has 0 unspecified atom stereocenters. The Balaban J connectivity index is 1.69. The van der Waals surface area contributed by atoms with Crippen molar-refractivity contribution in [2.45, 2.75) is 0 Å². The fraction of sp³-hybridized carbons (Fsp3) is 0.190. The molecule has 1 aromatic heterocycles. The second kappa shape index (κ2) is 8.76. The van der Waals surface area contributed by atoms with Crippen molar-refractivity contribution < 1.29 is 14.3 Å². The second-order valence-corrected chi connectivity index (χ2v) is 6.68. The number of amides is 1. The zero-order valence-corrected chi connectivity index (χ0v) is 17.2. The van der Waals surface area contributed by atoms with E-state index in [1.165, 1.54) is 0 Å². The van der Waals surface area contributed by atoms with E-state index in [0.717, 1.165) is 16.9 Å². The molecular weight excluding hydrogens is 398 g/mol. The Kier molecular flexibility index (Phi) is 5.72. The van der Waals surface area contributed by atoms with Gasteiger partial charge in [-0.1, -0.05) is 6.07 Å². The summed E-state index contributed by atoms with van der Waals surface area (Å²) in [6, 6.07) is 12.9. The Hall–Kier alpha value is -4.05. The van der Waals surface area contributed by atoms with Gasteiger partial charge in [-0.05, 0) is 36.4 Å². The summed E-state index contributed by atoms with van der Waals surface area (Å²) < 4.78 is 10.8. The molecule has 0 saturated carbocycles. The van der Waals surface area contributed by atoms with Crippen molar-refractivity contribution in [3.63, 3.8) is 0 Å². The number of anilines is 5. The van der Waals surface area contributed by atoms with E-state index in [-0.39, 0.29) is 12.5 Å². The van der Waals surface area contributed by atoms with Crippen LogP contribution in [-0.4, -0.2) is 43.3 Å². The summed E-state index contributed by atoms with van der Waals surface area (Å²) in [5.41, 5.74) is 9.08. The van der Waals surface area contributed by atoms with Gasteiger partial charge in [-0.3, -0.25) is 4.79 Å². The molecule has 6 N–H and O–H groups in total. The van der Waals surface area contributed by atoms with Gasteiger partial charge in [0.15, 0.2) is 17.3 Å². The third-order valence-electron chi connectivity index (χ3n) is 4.67. The molecule has 0 aliphatic carbocycles. The minimum Gasteiger partial charge on any atom is -0.493 e. The van der Waals surface area contributed by atoms with E-state index in [1.54, 1.807) is 26.4 Å². The largest absolute Gasteiger partial charge is 0.493 e. The van der Waals surface area contributed by atoms with Crippen molar-refractivity contribution in [2.24, 2.45) is 5.73 Å². The number of nitrogens with zero attached hydrogens (tertiary/aromatic N) is 2. The van der Waals surface area contributed by atoms with Gasteiger partial charge in [-0.15, -0.1) is 0 Å². The third kappa shape index (κ3) is 4.28. The van der Waals surface area contributed by atoms with Crippen LogP contribution in [0.5, 0.6) is 11.5 Å². The molecule has 2 heterocycles. The standard InChI is InChI=1S/C21H23N7O3/c1-30-15-7-6-12(8-16(15)31-2)18-19-20(24-11-23-19)28-21(27-18)26-14-5-3-4-13(9-14)25-17(29)10-22/h3-9,23H,10-11,22H2,1-2H3,(H,25,29)(H2,24,26,27,28). The number of carbonyl (C=O) groups excluding carboxylic acids is 1. The van der Waals surface area contributed by atoms with Crippen molar-refractivity contribution in [1.82, 2.24) is 9.97 Å². The van der Waals surface area contributed by atoms with E-state index in [0.29, 0.717) is 41.3 Å². The van der Waals surface area contributed by atoms with Crippen molar-refractivity contribution in [2.75, 3.05) is 48.7 Å². The number of hydrogen-bond donors (Lipinski definition) is 5. The number of nitrogens with one attached hydrogen (secondary N) is 4. The molecule has 2 aromatic carbocycles. The molecule has 1 aliphatic rings. The summed E-state index contributed by atoms with van der Waals surface area (Å²) in [6.45, 7) is 0.466. The first kappa shape index (κ1) is 20.2. The van der Waals surface area contributed by atoms with Crippen LogP contribution < -0.4 is 36.5 Å². The van der Waals surface area contributed by atoms with Crippen LogP contribution in [0.1, 0.15) is 0 Å². The Morgan fingerprint density at radius 2 is 1.87 bits per heavy atom. The minimum atomic E-state index is -0.267. The first-order valence-electron chi connectivity index (χ1n) is 9.60. The molecule has 1 amide bonds. The van der Waals surface area contributed by atoms with E-state index in [9.17, 15) is 4.79 Å². The normalized spacial score (nSPS) is 11.7. The van der Waals surface area contributed by atoms with Gasteiger partial charge in [0, 0.05) is 16.9 Å². The highest BCUT2D eigenvalue weighted by Crippen LogP contribution is 2.39. The molecule has 0 bridgehead atoms. The third-order valence-corrected chi connectivity index (χ3v) is 4.67. The maximum atomic E-state index is 11.6. The predicted molar refractivity (Wildman–Crippen MR) is 120 cm³/mol. The van der Waals surface area contributed by atoms with Crippen LogP contribution in [0, 0.1) is 0 Å². The highest BCUT2D eigenvalue weighted by Gasteiger charge is 2.21. The maximum Gasteiger partial charge on any atom is 0.238 e. The van der Waals surface area contributed by atoms with Gasteiger partial charge >= 0.3 is 0 Å². The number of carbonyl (C=O) groups is 1. The molecule has 1 aliphatic heterocycles. The summed E-state index contributed by atoms with van der Waals surface area (Å²) in [5.74, 6) is 2.07. The van der Waals surface area contributed by atoms with Gasteiger partial charge < -0.3 is 36.5 Å². The number of methoxy groups -OCH3 is 2. The number of ether oxygens (including phenoxy) is 2. The van der Waals surface area contributed by atoms with Crippen molar-refractivity contribution >= 4 is 34.7 Å². The molecule has 31 heavy (non-hydrogen) atoms. The van der Waals surface area contributed by atoms with Crippen LogP contribution in [0.2, 0.25) is 0 Å². The molecule has 4 rings (SSSR count). The van der Waals surface area contributed by atoms with Crippen molar-refractivity contribution in [3.05, 3.63) is 42.5 Å². The summed E-state index contributed by atoms with van der Waals surface area (Å²) in [4.78, 5) is 20.8. The molecule has 0 radical (unpaired) electrons. The van der Waals surface area contributed by atoms with E-state index in [4.69, 9.17) is 20.2 Å². The number of benzene rings is 2. The molecule has 160 valence electrons. The Labute approximate surface area is 179 Å². The van der Waals surface area contributed by atoms with Gasteiger partial charge in [0.1, 0.15) is 11.4 Å². The van der Waals surface area contributed by atoms with Gasteiger partial charge in [0.05, 0.1) is 27.4 Å². The summed E-state index contributed by atoms with van der Waals surface area (Å²) in [7, 11) is 3.19. The van der Waals surface area contributed by atoms with E-state index in [2.05, 4.69) is 26.3 Å². The first-order valence-corrected chi connectivity index (χ1v) is 9.60. The fourth-order valence-corrected chi connectivity index (χ4v) is 3.24. The predicted octanol–water partition coefficient (Wildman–Crippen LogP) is 2.60. The van der Waals surface area contributed by atoms with Crippen LogP contribution in [0.3, 0.4) is 0 Å². The second-order valence-electron chi connectivity index (χ2n) is 6.68. The van der Waals surface area contributed by atoms with Crippen LogP contribution in [-0.2, 0) is 4.79 Å². The molecule has 0 atom stereocenters. The Bertz CT molecular complexity index is 1120. The zero-order valence-electron chi connectivity index (χ0n) is 17.2. The topological polar surface area (TPSA) is 135 Å². The minimum absolute atomic E-state index is 0.0844. The molecule has 10 heteroatoms. The monoisotopic (exact) mass is 421 g/mol. The van der Waals surface area contributed by atoms with Gasteiger partial charge in [0.2, 0.25) is 11.9 Å². The lowest BCUT2D eigenvalue weighted by molar-refractivity contribution is -0.114. The lowest BCUT2D eigenvalue weighted by atomic mass is 10.1.